The zero-order valence-corrected chi connectivity index (χ0v) is 24.2. The Morgan fingerprint density at radius 2 is 1.44 bits per heavy atom. The fraction of sp³-hybridized carbons (Fsp3) is 0.128. The van der Waals surface area contributed by atoms with Gasteiger partial charge >= 0.3 is 0 Å². The number of hydrogen-bond donors (Lipinski definition) is 2. The molecule has 2 heterocycles. The molecule has 3 N–H and O–H groups in total. The van der Waals surface area contributed by atoms with Crippen LogP contribution in [0, 0.1) is 0 Å². The molecule has 0 saturated heterocycles. The minimum Gasteiger partial charge on any atom is -0.331 e. The quantitative estimate of drug-likeness (QED) is 0.200. The first-order valence-electron chi connectivity index (χ1n) is 15.1. The minimum absolute atomic E-state index is 0.0836. The van der Waals surface area contributed by atoms with Crippen molar-refractivity contribution >= 4 is 38.8 Å². The number of hydrogen-bond acceptors (Lipinski definition) is 3. The van der Waals surface area contributed by atoms with E-state index in [-0.39, 0.29) is 12.1 Å². The highest BCUT2D eigenvalue weighted by Crippen LogP contribution is 2.52. The number of rotatable bonds is 6. The van der Waals surface area contributed by atoms with Crippen LogP contribution in [-0.4, -0.2) is 10.6 Å². The molecule has 1 aliphatic heterocycles. The molecule has 4 nitrogen and oxygen atoms in total. The molecule has 0 radical (unpaired) electrons. The molecule has 1 aromatic heterocycles. The maximum Gasteiger partial charge on any atom is 0.137 e. The van der Waals surface area contributed by atoms with E-state index in [0.717, 1.165) is 11.9 Å². The van der Waals surface area contributed by atoms with E-state index >= 15 is 0 Å². The van der Waals surface area contributed by atoms with Crippen molar-refractivity contribution < 1.29 is 0 Å². The van der Waals surface area contributed by atoms with Gasteiger partial charge in [0.05, 0.1) is 22.8 Å². The minimum atomic E-state index is -0.429. The molecule has 0 amide bonds. The standard InChI is InChI=1S/C39H34N4/c1-26(27-12-4-2-5-13-27)41-39(40)43-36-19-11-9-17-32(36)34-25-24-33-31-16-8-10-18-35(31)42(37(33)38(34)43)30-22-20-29(21-23-30)28-14-6-3-7-15-28/h2-17,19-26,35,39,41H,18,40H2,1H3. The summed E-state index contributed by atoms with van der Waals surface area (Å²) in [6, 6.07) is 43.7. The smallest absolute Gasteiger partial charge is 0.137 e. The average molecular weight is 559 g/mol. The first kappa shape index (κ1) is 25.8. The van der Waals surface area contributed by atoms with Gasteiger partial charge in [-0.3, -0.25) is 11.1 Å². The summed E-state index contributed by atoms with van der Waals surface area (Å²) in [5.74, 6) is 0. The molecule has 0 spiro atoms. The van der Waals surface area contributed by atoms with E-state index in [1.54, 1.807) is 0 Å². The Bertz CT molecular complexity index is 2000. The molecule has 0 saturated carbocycles. The van der Waals surface area contributed by atoms with Crippen LogP contribution >= 0.6 is 0 Å². The maximum atomic E-state index is 7.13. The van der Waals surface area contributed by atoms with E-state index in [1.165, 1.54) is 55.5 Å². The number of benzene rings is 5. The summed E-state index contributed by atoms with van der Waals surface area (Å²) in [7, 11) is 0. The highest BCUT2D eigenvalue weighted by molar-refractivity contribution is 6.16. The van der Waals surface area contributed by atoms with Gasteiger partial charge in [-0.05, 0) is 53.8 Å². The third-order valence-corrected chi connectivity index (χ3v) is 9.09. The van der Waals surface area contributed by atoms with Gasteiger partial charge in [0.25, 0.3) is 0 Å². The summed E-state index contributed by atoms with van der Waals surface area (Å²) in [6.45, 7) is 2.18. The Kier molecular flexibility index (Phi) is 6.25. The van der Waals surface area contributed by atoms with Crippen molar-refractivity contribution in [1.82, 2.24) is 9.88 Å². The lowest BCUT2D eigenvalue weighted by Crippen LogP contribution is -2.36. The number of para-hydroxylation sites is 1. The molecular formula is C39H34N4. The molecule has 8 rings (SSSR count). The molecular weight excluding hydrogens is 524 g/mol. The van der Waals surface area contributed by atoms with Gasteiger partial charge in [0.1, 0.15) is 6.29 Å². The molecule has 43 heavy (non-hydrogen) atoms. The van der Waals surface area contributed by atoms with E-state index in [2.05, 4.69) is 161 Å². The molecule has 3 atom stereocenters. The summed E-state index contributed by atoms with van der Waals surface area (Å²) >= 11 is 0. The van der Waals surface area contributed by atoms with Gasteiger partial charge in [-0.25, -0.2) is 0 Å². The summed E-state index contributed by atoms with van der Waals surface area (Å²) in [5.41, 5.74) is 18.1. The molecule has 0 fully saturated rings. The predicted octanol–water partition coefficient (Wildman–Crippen LogP) is 9.09. The third kappa shape index (κ3) is 4.22. The molecule has 3 unspecified atom stereocenters. The van der Waals surface area contributed by atoms with Gasteiger partial charge in [0.2, 0.25) is 0 Å². The lowest BCUT2D eigenvalue weighted by Gasteiger charge is -2.30. The van der Waals surface area contributed by atoms with Crippen LogP contribution in [0.2, 0.25) is 0 Å². The Labute approximate surface area is 252 Å². The van der Waals surface area contributed by atoms with Crippen molar-refractivity contribution in [3.63, 3.8) is 0 Å². The van der Waals surface area contributed by atoms with Crippen molar-refractivity contribution in [3.05, 3.63) is 151 Å². The highest BCUT2D eigenvalue weighted by Gasteiger charge is 2.38. The number of aromatic nitrogens is 1. The second-order valence-electron chi connectivity index (χ2n) is 11.6. The maximum absolute atomic E-state index is 7.13. The van der Waals surface area contributed by atoms with E-state index in [9.17, 15) is 0 Å². The van der Waals surface area contributed by atoms with Crippen LogP contribution in [0.25, 0.3) is 38.5 Å². The zero-order valence-electron chi connectivity index (χ0n) is 24.2. The van der Waals surface area contributed by atoms with Crippen LogP contribution in [0.4, 0.5) is 11.4 Å². The van der Waals surface area contributed by atoms with E-state index in [4.69, 9.17) is 5.73 Å². The summed E-state index contributed by atoms with van der Waals surface area (Å²) in [6.07, 6.45) is 7.30. The number of nitrogens with two attached hydrogens (primary N) is 1. The largest absolute Gasteiger partial charge is 0.331 e. The fourth-order valence-electron chi connectivity index (χ4n) is 7.05. The summed E-state index contributed by atoms with van der Waals surface area (Å²) in [4.78, 5) is 2.55. The van der Waals surface area contributed by atoms with Crippen LogP contribution in [0.1, 0.15) is 36.8 Å². The van der Waals surface area contributed by atoms with E-state index in [0.29, 0.717) is 0 Å². The molecule has 210 valence electrons. The highest BCUT2D eigenvalue weighted by atomic mass is 15.3. The van der Waals surface area contributed by atoms with Crippen LogP contribution in [0.5, 0.6) is 0 Å². The molecule has 5 aromatic carbocycles. The van der Waals surface area contributed by atoms with Crippen molar-refractivity contribution in [2.24, 2.45) is 5.73 Å². The van der Waals surface area contributed by atoms with Gasteiger partial charge in [-0.1, -0.05) is 121 Å². The Hall–Kier alpha value is -4.90. The molecule has 6 aromatic rings. The molecule has 4 heteroatoms. The first-order chi connectivity index (χ1) is 21.2. The van der Waals surface area contributed by atoms with Gasteiger partial charge in [-0.2, -0.15) is 0 Å². The number of anilines is 2. The van der Waals surface area contributed by atoms with Crippen LogP contribution in [0.3, 0.4) is 0 Å². The van der Waals surface area contributed by atoms with Gasteiger partial charge < -0.3 is 9.47 Å². The second-order valence-corrected chi connectivity index (χ2v) is 11.6. The number of nitrogens with zero attached hydrogens (tertiary/aromatic N) is 2. The lowest BCUT2D eigenvalue weighted by atomic mass is 9.95. The predicted molar refractivity (Wildman–Crippen MR) is 180 cm³/mol. The second kappa shape index (κ2) is 10.4. The average Bonchev–Trinajstić information content (AvgIpc) is 3.59. The van der Waals surface area contributed by atoms with Gasteiger partial charge in [-0.15, -0.1) is 0 Å². The molecule has 0 bridgehead atoms. The SMILES string of the molecule is CC(NC(N)n1c2ccccc2c2ccc3c(c21)N(c1ccc(-c2ccccc2)cc1)C1CC=CC=C31)c1ccccc1. The van der Waals surface area contributed by atoms with Crippen LogP contribution in [-0.2, 0) is 0 Å². The first-order valence-corrected chi connectivity index (χ1v) is 15.1. The lowest BCUT2D eigenvalue weighted by molar-refractivity contribution is 0.390. The Morgan fingerprint density at radius 1 is 0.744 bits per heavy atom. The monoisotopic (exact) mass is 558 g/mol. The normalized spacial score (nSPS) is 17.1. The zero-order chi connectivity index (χ0) is 28.9. The van der Waals surface area contributed by atoms with Crippen molar-refractivity contribution in [3.8, 4) is 11.1 Å². The third-order valence-electron chi connectivity index (χ3n) is 9.09. The van der Waals surface area contributed by atoms with E-state index < -0.39 is 6.29 Å². The summed E-state index contributed by atoms with van der Waals surface area (Å²) in [5, 5.41) is 6.15. The molecule has 1 aliphatic carbocycles. The fourth-order valence-corrected chi connectivity index (χ4v) is 7.05. The Morgan fingerprint density at radius 3 is 2.23 bits per heavy atom. The van der Waals surface area contributed by atoms with Crippen LogP contribution < -0.4 is 16.0 Å². The number of allylic oxidation sites excluding steroid dienone is 2. The van der Waals surface area contributed by atoms with Crippen LogP contribution in [0.15, 0.2) is 140 Å². The van der Waals surface area contributed by atoms with E-state index in [1.807, 2.05) is 0 Å². The number of fused-ring (bicyclic) bond motifs is 7. The van der Waals surface area contributed by atoms with Crippen molar-refractivity contribution in [2.75, 3.05) is 4.90 Å². The van der Waals surface area contributed by atoms with Gasteiger partial charge in [0.15, 0.2) is 0 Å². The van der Waals surface area contributed by atoms with Crippen molar-refractivity contribution in [1.29, 1.82) is 0 Å². The van der Waals surface area contributed by atoms with Crippen molar-refractivity contribution in [2.45, 2.75) is 31.7 Å². The number of nitrogens with one attached hydrogen (secondary N) is 1. The van der Waals surface area contributed by atoms with Gasteiger partial charge in [0, 0.05) is 28.1 Å². The topological polar surface area (TPSA) is 46.2 Å². The summed E-state index contributed by atoms with van der Waals surface area (Å²) < 4.78 is 2.32. The molecule has 2 aliphatic rings. The Balaban J connectivity index is 1.32.